The molecule has 0 radical (unpaired) electrons. The molecular formula is C26H21ClO5. The first-order valence-corrected chi connectivity index (χ1v) is 10.9. The van der Waals surface area contributed by atoms with Gasteiger partial charge in [-0.1, -0.05) is 55.3 Å². The number of halogens is 1. The second kappa shape index (κ2) is 8.60. The highest BCUT2D eigenvalue weighted by Crippen LogP contribution is 2.38. The van der Waals surface area contributed by atoms with Gasteiger partial charge in [0.05, 0.1) is 5.02 Å². The number of rotatable bonds is 6. The van der Waals surface area contributed by atoms with Crippen molar-refractivity contribution in [2.45, 2.75) is 26.4 Å². The molecule has 3 aromatic carbocycles. The average molecular weight is 449 g/mol. The average Bonchev–Trinajstić information content (AvgIpc) is 3.25. The molecule has 0 saturated heterocycles. The van der Waals surface area contributed by atoms with Gasteiger partial charge >= 0.3 is 5.63 Å². The Balaban J connectivity index is 1.55. The minimum atomic E-state index is -0.399. The molecule has 0 aliphatic carbocycles. The monoisotopic (exact) mass is 448 g/mol. The number of fused-ring (bicyclic) bond motifs is 2. The minimum absolute atomic E-state index is 0.185. The number of ether oxygens (including phenoxy) is 3. The summed E-state index contributed by atoms with van der Waals surface area (Å²) in [6, 6.07) is 18.8. The normalized spacial score (nSPS) is 12.3. The van der Waals surface area contributed by atoms with Gasteiger partial charge in [0.25, 0.3) is 0 Å². The largest absolute Gasteiger partial charge is 0.488 e. The van der Waals surface area contributed by atoms with Crippen LogP contribution in [0.3, 0.4) is 0 Å². The molecule has 2 heterocycles. The lowest BCUT2D eigenvalue weighted by Gasteiger charge is -2.15. The van der Waals surface area contributed by atoms with Crippen molar-refractivity contribution in [3.05, 3.63) is 87.2 Å². The Morgan fingerprint density at radius 2 is 1.75 bits per heavy atom. The third-order valence-corrected chi connectivity index (χ3v) is 5.81. The van der Waals surface area contributed by atoms with Gasteiger partial charge in [0, 0.05) is 29.1 Å². The van der Waals surface area contributed by atoms with Crippen molar-refractivity contribution in [2.24, 2.45) is 0 Å². The Bertz CT molecular complexity index is 1340. The molecule has 0 atom stereocenters. The first kappa shape index (κ1) is 20.5. The Labute approximate surface area is 190 Å². The van der Waals surface area contributed by atoms with Gasteiger partial charge in [-0.3, -0.25) is 0 Å². The standard InChI is InChI=1S/C26H21ClO5/c1-2-6-17-9-20-19(16-7-4-3-5-8-16)11-26(28)32-23(20)13-22(17)29-14-18-10-24-25(12-21(18)27)31-15-30-24/h3-5,7-13H,2,6,14-15H2,1H3. The van der Waals surface area contributed by atoms with E-state index in [-0.39, 0.29) is 13.4 Å². The molecule has 162 valence electrons. The predicted molar refractivity (Wildman–Crippen MR) is 124 cm³/mol. The van der Waals surface area contributed by atoms with Crippen LogP contribution in [-0.2, 0) is 13.0 Å². The summed E-state index contributed by atoms with van der Waals surface area (Å²) in [5.41, 5.74) is 3.74. The van der Waals surface area contributed by atoms with Crippen LogP contribution in [0.4, 0.5) is 0 Å². The maximum atomic E-state index is 12.3. The Kier molecular flexibility index (Phi) is 5.50. The van der Waals surface area contributed by atoms with Gasteiger partial charge in [-0.2, -0.15) is 0 Å². The molecule has 4 aromatic rings. The third kappa shape index (κ3) is 3.92. The van der Waals surface area contributed by atoms with E-state index in [9.17, 15) is 4.79 Å². The van der Waals surface area contributed by atoms with Gasteiger partial charge in [0.2, 0.25) is 6.79 Å². The van der Waals surface area contributed by atoms with Crippen LogP contribution in [0.5, 0.6) is 17.2 Å². The summed E-state index contributed by atoms with van der Waals surface area (Å²) >= 11 is 6.40. The molecule has 0 spiro atoms. The van der Waals surface area contributed by atoms with E-state index in [0.717, 1.165) is 40.5 Å². The zero-order valence-electron chi connectivity index (χ0n) is 17.5. The molecule has 5 rings (SSSR count). The van der Waals surface area contributed by atoms with Crippen molar-refractivity contribution in [1.82, 2.24) is 0 Å². The van der Waals surface area contributed by atoms with Crippen LogP contribution in [-0.4, -0.2) is 6.79 Å². The maximum Gasteiger partial charge on any atom is 0.336 e. The van der Waals surface area contributed by atoms with Gasteiger partial charge in [0.1, 0.15) is 17.9 Å². The van der Waals surface area contributed by atoms with E-state index in [4.69, 9.17) is 30.2 Å². The zero-order valence-corrected chi connectivity index (χ0v) is 18.3. The van der Waals surface area contributed by atoms with E-state index >= 15 is 0 Å². The highest BCUT2D eigenvalue weighted by Gasteiger charge is 2.18. The molecule has 1 aromatic heterocycles. The van der Waals surface area contributed by atoms with Crippen LogP contribution in [0.1, 0.15) is 24.5 Å². The summed E-state index contributed by atoms with van der Waals surface area (Å²) < 4.78 is 22.5. The molecule has 5 nitrogen and oxygen atoms in total. The van der Waals surface area contributed by atoms with Crippen molar-refractivity contribution in [3.8, 4) is 28.4 Å². The summed E-state index contributed by atoms with van der Waals surface area (Å²) in [7, 11) is 0. The van der Waals surface area contributed by atoms with Crippen molar-refractivity contribution in [3.63, 3.8) is 0 Å². The quantitative estimate of drug-likeness (QED) is 0.320. The fourth-order valence-electron chi connectivity index (χ4n) is 3.92. The first-order valence-electron chi connectivity index (χ1n) is 10.5. The minimum Gasteiger partial charge on any atom is -0.488 e. The number of benzene rings is 3. The highest BCUT2D eigenvalue weighted by molar-refractivity contribution is 6.31. The molecule has 0 amide bonds. The summed E-state index contributed by atoms with van der Waals surface area (Å²) in [6.07, 6.45) is 1.78. The Morgan fingerprint density at radius 1 is 0.969 bits per heavy atom. The molecule has 1 aliphatic rings. The van der Waals surface area contributed by atoms with Crippen LogP contribution >= 0.6 is 11.6 Å². The van der Waals surface area contributed by atoms with Gasteiger partial charge in [-0.15, -0.1) is 0 Å². The van der Waals surface area contributed by atoms with E-state index in [0.29, 0.717) is 27.9 Å². The lowest BCUT2D eigenvalue weighted by molar-refractivity contribution is 0.174. The smallest absolute Gasteiger partial charge is 0.336 e. The zero-order chi connectivity index (χ0) is 22.1. The number of aryl methyl sites for hydroxylation is 1. The molecule has 0 unspecified atom stereocenters. The summed E-state index contributed by atoms with van der Waals surface area (Å²) in [6.45, 7) is 2.55. The van der Waals surface area contributed by atoms with Crippen molar-refractivity contribution in [1.29, 1.82) is 0 Å². The van der Waals surface area contributed by atoms with Gasteiger partial charge in [0.15, 0.2) is 11.5 Å². The second-order valence-corrected chi connectivity index (χ2v) is 8.04. The third-order valence-electron chi connectivity index (χ3n) is 5.45. The van der Waals surface area contributed by atoms with E-state index in [1.165, 1.54) is 0 Å². The van der Waals surface area contributed by atoms with Gasteiger partial charge in [-0.25, -0.2) is 4.79 Å². The maximum absolute atomic E-state index is 12.3. The lowest BCUT2D eigenvalue weighted by Crippen LogP contribution is -2.02. The van der Waals surface area contributed by atoms with E-state index in [1.807, 2.05) is 36.4 Å². The molecule has 0 bridgehead atoms. The predicted octanol–water partition coefficient (Wildman–Crippen LogP) is 6.37. The van der Waals surface area contributed by atoms with E-state index in [1.54, 1.807) is 18.2 Å². The molecule has 0 N–H and O–H groups in total. The molecular weight excluding hydrogens is 428 g/mol. The topological polar surface area (TPSA) is 57.9 Å². The Morgan fingerprint density at radius 3 is 2.53 bits per heavy atom. The van der Waals surface area contributed by atoms with Crippen molar-refractivity contribution >= 4 is 22.6 Å². The summed E-state index contributed by atoms with van der Waals surface area (Å²) in [5.74, 6) is 1.95. The lowest BCUT2D eigenvalue weighted by atomic mass is 9.98. The fourth-order valence-corrected chi connectivity index (χ4v) is 4.12. The van der Waals surface area contributed by atoms with Crippen molar-refractivity contribution < 1.29 is 18.6 Å². The van der Waals surface area contributed by atoms with E-state index in [2.05, 4.69) is 13.0 Å². The highest BCUT2D eigenvalue weighted by atomic mass is 35.5. The van der Waals surface area contributed by atoms with Gasteiger partial charge < -0.3 is 18.6 Å². The number of hydrogen-bond donors (Lipinski definition) is 0. The Hall–Kier alpha value is -3.44. The number of hydrogen-bond acceptors (Lipinski definition) is 5. The molecule has 32 heavy (non-hydrogen) atoms. The van der Waals surface area contributed by atoms with E-state index < -0.39 is 5.63 Å². The molecule has 0 fully saturated rings. The first-order chi connectivity index (χ1) is 15.6. The second-order valence-electron chi connectivity index (χ2n) is 7.64. The SMILES string of the molecule is CCCc1cc2c(-c3ccccc3)cc(=O)oc2cc1OCc1cc2c(cc1Cl)OCO2. The summed E-state index contributed by atoms with van der Waals surface area (Å²) in [4.78, 5) is 12.3. The molecule has 6 heteroatoms. The molecule has 1 aliphatic heterocycles. The fraction of sp³-hybridized carbons (Fsp3) is 0.192. The van der Waals surface area contributed by atoms with Crippen LogP contribution in [0, 0.1) is 0 Å². The molecule has 0 saturated carbocycles. The van der Waals surface area contributed by atoms with Gasteiger partial charge in [-0.05, 0) is 35.2 Å². The van der Waals surface area contributed by atoms with Crippen LogP contribution in [0.2, 0.25) is 5.02 Å². The van der Waals surface area contributed by atoms with Crippen LogP contribution in [0.15, 0.2) is 69.9 Å². The summed E-state index contributed by atoms with van der Waals surface area (Å²) in [5, 5.41) is 1.43. The van der Waals surface area contributed by atoms with Crippen molar-refractivity contribution in [2.75, 3.05) is 6.79 Å². The van der Waals surface area contributed by atoms with Crippen LogP contribution < -0.4 is 19.8 Å². The van der Waals surface area contributed by atoms with Crippen LogP contribution in [0.25, 0.3) is 22.1 Å².